The zero-order chi connectivity index (χ0) is 14.0. The number of amides is 1. The number of β-amino-alcohol motifs (C(OH)–C–C–N with tert-alkyl or cyclic N) is 1. The quantitative estimate of drug-likeness (QED) is 0.893. The molecule has 0 bridgehead atoms. The molecule has 1 aromatic carbocycles. The molecule has 2 rings (SSSR count). The number of aliphatic hydroxyl groups excluding tert-OH is 1. The first kappa shape index (κ1) is 14.6. The molecule has 2 N–H and O–H groups in total. The first-order chi connectivity index (χ1) is 8.97. The van der Waals surface area contributed by atoms with Gasteiger partial charge in [-0.1, -0.05) is 29.3 Å². The number of aliphatic hydroxyl groups is 1. The SMILES string of the molecule is CN(Cc1ccc(Cl)c(Cl)c1)C(=O)[C@H]1C[C@H](O)CN1. The molecule has 1 heterocycles. The Morgan fingerprint density at radius 1 is 1.47 bits per heavy atom. The van der Waals surface area contributed by atoms with Gasteiger partial charge in [0, 0.05) is 20.1 Å². The zero-order valence-corrected chi connectivity index (χ0v) is 12.1. The number of hydrogen-bond donors (Lipinski definition) is 2. The second-order valence-electron chi connectivity index (χ2n) is 4.79. The van der Waals surface area contributed by atoms with Crippen molar-refractivity contribution in [1.29, 1.82) is 0 Å². The van der Waals surface area contributed by atoms with E-state index < -0.39 is 6.10 Å². The molecule has 0 aromatic heterocycles. The highest BCUT2D eigenvalue weighted by molar-refractivity contribution is 6.42. The molecule has 6 heteroatoms. The molecular weight excluding hydrogens is 287 g/mol. The van der Waals surface area contributed by atoms with E-state index in [-0.39, 0.29) is 11.9 Å². The van der Waals surface area contributed by atoms with E-state index in [9.17, 15) is 9.90 Å². The van der Waals surface area contributed by atoms with E-state index >= 15 is 0 Å². The van der Waals surface area contributed by atoms with Crippen molar-refractivity contribution in [3.05, 3.63) is 33.8 Å². The summed E-state index contributed by atoms with van der Waals surface area (Å²) in [5.41, 5.74) is 0.920. The summed E-state index contributed by atoms with van der Waals surface area (Å²) in [6.07, 6.45) is 0.0252. The average molecular weight is 303 g/mol. The van der Waals surface area contributed by atoms with Crippen LogP contribution in [0.25, 0.3) is 0 Å². The van der Waals surface area contributed by atoms with Crippen molar-refractivity contribution in [1.82, 2.24) is 10.2 Å². The van der Waals surface area contributed by atoms with Crippen LogP contribution in [0.4, 0.5) is 0 Å². The van der Waals surface area contributed by atoms with Crippen LogP contribution in [-0.4, -0.2) is 41.7 Å². The Labute approximate surface area is 122 Å². The summed E-state index contributed by atoms with van der Waals surface area (Å²) in [6, 6.07) is 5.01. The minimum absolute atomic E-state index is 0.0253. The molecule has 1 amide bonds. The predicted octanol–water partition coefficient (Wildman–Crippen LogP) is 1.67. The van der Waals surface area contributed by atoms with Gasteiger partial charge in [-0.3, -0.25) is 4.79 Å². The molecule has 1 aromatic rings. The number of nitrogens with zero attached hydrogens (tertiary/aromatic N) is 1. The van der Waals surface area contributed by atoms with Crippen molar-refractivity contribution in [2.45, 2.75) is 25.1 Å². The number of carbonyl (C=O) groups excluding carboxylic acids is 1. The van der Waals surface area contributed by atoms with E-state index in [0.29, 0.717) is 29.6 Å². The van der Waals surface area contributed by atoms with E-state index in [1.807, 2.05) is 6.07 Å². The lowest BCUT2D eigenvalue weighted by Crippen LogP contribution is -2.41. The van der Waals surface area contributed by atoms with Crippen LogP contribution in [-0.2, 0) is 11.3 Å². The number of carbonyl (C=O) groups is 1. The maximum absolute atomic E-state index is 12.1. The van der Waals surface area contributed by atoms with Crippen LogP contribution >= 0.6 is 23.2 Å². The van der Waals surface area contributed by atoms with Crippen molar-refractivity contribution in [3.63, 3.8) is 0 Å². The molecule has 0 aliphatic carbocycles. The van der Waals surface area contributed by atoms with E-state index in [1.54, 1.807) is 24.1 Å². The Morgan fingerprint density at radius 3 is 2.79 bits per heavy atom. The number of likely N-dealkylation sites (N-methyl/N-ethyl adjacent to an activating group) is 1. The normalized spacial score (nSPS) is 22.5. The molecule has 0 radical (unpaired) electrons. The van der Waals surface area contributed by atoms with Crippen molar-refractivity contribution in [2.24, 2.45) is 0 Å². The van der Waals surface area contributed by atoms with Crippen molar-refractivity contribution in [3.8, 4) is 0 Å². The van der Waals surface area contributed by atoms with E-state index in [4.69, 9.17) is 23.2 Å². The molecule has 104 valence electrons. The van der Waals surface area contributed by atoms with Crippen LogP contribution in [0.15, 0.2) is 18.2 Å². The Hall–Kier alpha value is -0.810. The second-order valence-corrected chi connectivity index (χ2v) is 5.61. The van der Waals surface area contributed by atoms with Gasteiger partial charge in [0.25, 0.3) is 0 Å². The van der Waals surface area contributed by atoms with E-state index in [1.165, 1.54) is 0 Å². The third-order valence-electron chi connectivity index (χ3n) is 3.19. The third-order valence-corrected chi connectivity index (χ3v) is 3.92. The summed E-state index contributed by atoms with van der Waals surface area (Å²) in [5.74, 6) is -0.0253. The molecule has 0 saturated carbocycles. The fraction of sp³-hybridized carbons (Fsp3) is 0.462. The fourth-order valence-electron chi connectivity index (χ4n) is 2.16. The molecule has 4 nitrogen and oxygen atoms in total. The highest BCUT2D eigenvalue weighted by Gasteiger charge is 2.29. The molecule has 0 unspecified atom stereocenters. The molecule has 1 aliphatic rings. The Morgan fingerprint density at radius 2 is 2.21 bits per heavy atom. The number of hydrogen-bond acceptors (Lipinski definition) is 3. The predicted molar refractivity (Wildman–Crippen MR) is 75.4 cm³/mol. The lowest BCUT2D eigenvalue weighted by atomic mass is 10.1. The Bertz CT molecular complexity index is 482. The number of rotatable bonds is 3. The van der Waals surface area contributed by atoms with Crippen LogP contribution in [0.1, 0.15) is 12.0 Å². The fourth-order valence-corrected chi connectivity index (χ4v) is 2.48. The second kappa shape index (κ2) is 6.09. The number of nitrogens with one attached hydrogen (secondary N) is 1. The minimum Gasteiger partial charge on any atom is -0.392 e. The molecule has 0 spiro atoms. The highest BCUT2D eigenvalue weighted by Crippen LogP contribution is 2.23. The van der Waals surface area contributed by atoms with Gasteiger partial charge in [0.05, 0.1) is 22.2 Å². The molecule has 1 aliphatic heterocycles. The van der Waals surface area contributed by atoms with Crippen LogP contribution in [0.2, 0.25) is 10.0 Å². The van der Waals surface area contributed by atoms with Gasteiger partial charge in [-0.25, -0.2) is 0 Å². The monoisotopic (exact) mass is 302 g/mol. The molecule has 1 saturated heterocycles. The first-order valence-electron chi connectivity index (χ1n) is 6.07. The molecule has 1 fully saturated rings. The average Bonchev–Trinajstić information content (AvgIpc) is 2.79. The number of benzene rings is 1. The Balaban J connectivity index is 1.98. The summed E-state index contributed by atoms with van der Waals surface area (Å²) in [6.45, 7) is 0.932. The van der Waals surface area contributed by atoms with Gasteiger partial charge in [0.1, 0.15) is 0 Å². The van der Waals surface area contributed by atoms with Gasteiger partial charge in [-0.2, -0.15) is 0 Å². The van der Waals surface area contributed by atoms with Crippen LogP contribution in [0.3, 0.4) is 0 Å². The standard InChI is InChI=1S/C13H16Cl2N2O2/c1-17(13(19)12-5-9(18)6-16-12)7-8-2-3-10(14)11(15)4-8/h2-4,9,12,16,18H,5-7H2,1H3/t9-,12+/m0/s1. The van der Waals surface area contributed by atoms with Gasteiger partial charge >= 0.3 is 0 Å². The molecular formula is C13H16Cl2N2O2. The van der Waals surface area contributed by atoms with Crippen LogP contribution < -0.4 is 5.32 Å². The van der Waals surface area contributed by atoms with Crippen molar-refractivity contribution >= 4 is 29.1 Å². The first-order valence-corrected chi connectivity index (χ1v) is 6.83. The van der Waals surface area contributed by atoms with Crippen LogP contribution in [0, 0.1) is 0 Å². The highest BCUT2D eigenvalue weighted by atomic mass is 35.5. The lowest BCUT2D eigenvalue weighted by Gasteiger charge is -2.21. The summed E-state index contributed by atoms with van der Waals surface area (Å²) in [4.78, 5) is 13.8. The summed E-state index contributed by atoms with van der Waals surface area (Å²) < 4.78 is 0. The zero-order valence-electron chi connectivity index (χ0n) is 10.6. The van der Waals surface area contributed by atoms with Gasteiger partial charge in [-0.05, 0) is 24.1 Å². The smallest absolute Gasteiger partial charge is 0.239 e. The largest absolute Gasteiger partial charge is 0.392 e. The third kappa shape index (κ3) is 3.60. The van der Waals surface area contributed by atoms with Crippen LogP contribution in [0.5, 0.6) is 0 Å². The summed E-state index contributed by atoms with van der Waals surface area (Å²) in [5, 5.41) is 13.4. The van der Waals surface area contributed by atoms with Gasteiger partial charge in [0.2, 0.25) is 5.91 Å². The molecule has 2 atom stereocenters. The minimum atomic E-state index is -0.438. The maximum Gasteiger partial charge on any atom is 0.239 e. The molecule has 19 heavy (non-hydrogen) atoms. The van der Waals surface area contributed by atoms with Crippen molar-refractivity contribution < 1.29 is 9.90 Å². The van der Waals surface area contributed by atoms with E-state index in [0.717, 1.165) is 5.56 Å². The number of halogens is 2. The van der Waals surface area contributed by atoms with Crippen molar-refractivity contribution in [2.75, 3.05) is 13.6 Å². The van der Waals surface area contributed by atoms with Gasteiger partial charge in [0.15, 0.2) is 0 Å². The van der Waals surface area contributed by atoms with Gasteiger partial charge < -0.3 is 15.3 Å². The maximum atomic E-state index is 12.1. The summed E-state index contributed by atoms with van der Waals surface area (Å²) >= 11 is 11.8. The van der Waals surface area contributed by atoms with Gasteiger partial charge in [-0.15, -0.1) is 0 Å². The topological polar surface area (TPSA) is 52.6 Å². The Kier molecular flexibility index (Phi) is 4.68. The lowest BCUT2D eigenvalue weighted by molar-refractivity contribution is -0.132. The van der Waals surface area contributed by atoms with E-state index in [2.05, 4.69) is 5.32 Å². The summed E-state index contributed by atoms with van der Waals surface area (Å²) in [7, 11) is 1.73.